The van der Waals surface area contributed by atoms with E-state index in [0.29, 0.717) is 5.56 Å². The van der Waals surface area contributed by atoms with E-state index in [1.807, 2.05) is 30.0 Å². The smallest absolute Gasteiger partial charge is 0.267 e. The minimum absolute atomic E-state index is 0.172. The average Bonchev–Trinajstić information content (AvgIpc) is 2.52. The second kappa shape index (κ2) is 11.7. The molecule has 0 radical (unpaired) electrons. The molecule has 0 bridgehead atoms. The van der Waals surface area contributed by atoms with E-state index in [9.17, 15) is 4.79 Å². The lowest BCUT2D eigenvalue weighted by Crippen LogP contribution is -2.29. The Morgan fingerprint density at radius 1 is 1.23 bits per heavy atom. The van der Waals surface area contributed by atoms with Crippen LogP contribution in [0.5, 0.6) is 0 Å². The third-order valence-electron chi connectivity index (χ3n) is 3.45. The molecule has 0 saturated heterocycles. The Balaban J connectivity index is 2.04. The Morgan fingerprint density at radius 2 is 1.91 bits per heavy atom. The minimum Gasteiger partial charge on any atom is -0.267 e. The van der Waals surface area contributed by atoms with Gasteiger partial charge in [0.25, 0.3) is 5.91 Å². The van der Waals surface area contributed by atoms with Crippen molar-refractivity contribution in [1.82, 2.24) is 5.43 Å². The topological polar surface area (TPSA) is 45.3 Å². The number of hydrazone groups is 1. The van der Waals surface area contributed by atoms with Crippen molar-refractivity contribution in [2.75, 3.05) is 0 Å². The summed E-state index contributed by atoms with van der Waals surface area (Å²) in [5.41, 5.74) is 3.17. The number of rotatable bonds is 11. The monoisotopic (exact) mass is 302 g/mol. The summed E-state index contributed by atoms with van der Waals surface area (Å²) in [4.78, 5) is 11.8. The third-order valence-corrected chi connectivity index (χ3v) is 3.45. The summed E-state index contributed by atoms with van der Waals surface area (Å²) in [7, 11) is 1.89. The fourth-order valence-corrected chi connectivity index (χ4v) is 2.19. The summed E-state index contributed by atoms with van der Waals surface area (Å²) < 4.78 is 1.84. The van der Waals surface area contributed by atoms with E-state index in [1.165, 1.54) is 32.1 Å². The van der Waals surface area contributed by atoms with Crippen LogP contribution >= 0.6 is 0 Å². The molecule has 1 aromatic rings. The molecule has 1 heterocycles. The van der Waals surface area contributed by atoms with Gasteiger partial charge in [0, 0.05) is 12.3 Å². The highest BCUT2D eigenvalue weighted by atomic mass is 16.2. The molecule has 1 amide bonds. The number of hydrogen-bond acceptors (Lipinski definition) is 2. The predicted molar refractivity (Wildman–Crippen MR) is 90.7 cm³/mol. The SMILES string of the molecule is C=CCCCCCCCCC=NNC(=O)c1ccc[n+](C)c1. The summed E-state index contributed by atoms with van der Waals surface area (Å²) in [6, 6.07) is 3.62. The average molecular weight is 302 g/mol. The van der Waals surface area contributed by atoms with Crippen molar-refractivity contribution >= 4 is 12.1 Å². The van der Waals surface area contributed by atoms with Crippen molar-refractivity contribution < 1.29 is 9.36 Å². The number of hydrogen-bond donors (Lipinski definition) is 1. The summed E-state index contributed by atoms with van der Waals surface area (Å²) in [6.45, 7) is 3.73. The zero-order valence-corrected chi connectivity index (χ0v) is 13.6. The fourth-order valence-electron chi connectivity index (χ4n) is 2.19. The molecule has 0 aliphatic rings. The Labute approximate surface area is 133 Å². The van der Waals surface area contributed by atoms with Gasteiger partial charge in [-0.15, -0.1) is 6.58 Å². The van der Waals surface area contributed by atoms with Gasteiger partial charge >= 0.3 is 0 Å². The van der Waals surface area contributed by atoms with Crippen molar-refractivity contribution in [3.8, 4) is 0 Å². The van der Waals surface area contributed by atoms with Crippen LogP contribution in [0.4, 0.5) is 0 Å². The highest BCUT2D eigenvalue weighted by molar-refractivity contribution is 5.93. The first-order valence-corrected chi connectivity index (χ1v) is 8.12. The number of carbonyl (C=O) groups is 1. The van der Waals surface area contributed by atoms with Crippen LogP contribution in [0, 0.1) is 0 Å². The van der Waals surface area contributed by atoms with Crippen molar-refractivity contribution in [2.45, 2.75) is 51.4 Å². The number of unbranched alkanes of at least 4 members (excludes halogenated alkanes) is 7. The van der Waals surface area contributed by atoms with Crippen molar-refractivity contribution in [3.05, 3.63) is 42.7 Å². The van der Waals surface area contributed by atoms with Gasteiger partial charge < -0.3 is 0 Å². The van der Waals surface area contributed by atoms with E-state index in [2.05, 4.69) is 17.1 Å². The fraction of sp³-hybridized carbons (Fsp3) is 0.500. The Morgan fingerprint density at radius 3 is 2.59 bits per heavy atom. The minimum atomic E-state index is -0.172. The van der Waals surface area contributed by atoms with Crippen LogP contribution in [0.3, 0.4) is 0 Å². The number of carbonyl (C=O) groups excluding carboxylic acids is 1. The van der Waals surface area contributed by atoms with Gasteiger partial charge in [0.2, 0.25) is 0 Å². The lowest BCUT2D eigenvalue weighted by Gasteiger charge is -1.99. The third kappa shape index (κ3) is 8.35. The summed E-state index contributed by atoms with van der Waals surface area (Å²) in [6.07, 6.45) is 17.0. The van der Waals surface area contributed by atoms with Crippen molar-refractivity contribution in [3.63, 3.8) is 0 Å². The molecule has 4 nitrogen and oxygen atoms in total. The van der Waals surface area contributed by atoms with Crippen LogP contribution in [-0.2, 0) is 7.05 Å². The van der Waals surface area contributed by atoms with Crippen LogP contribution in [0.2, 0.25) is 0 Å². The van der Waals surface area contributed by atoms with Gasteiger partial charge in [-0.25, -0.2) is 9.99 Å². The largest absolute Gasteiger partial charge is 0.277 e. The van der Waals surface area contributed by atoms with Gasteiger partial charge in [0.1, 0.15) is 12.6 Å². The van der Waals surface area contributed by atoms with Gasteiger partial charge in [-0.2, -0.15) is 5.10 Å². The van der Waals surface area contributed by atoms with Gasteiger partial charge in [-0.3, -0.25) is 4.79 Å². The Bertz CT molecular complexity index is 483. The molecule has 1 aromatic heterocycles. The maximum Gasteiger partial charge on any atom is 0.277 e. The number of nitrogens with zero attached hydrogens (tertiary/aromatic N) is 2. The Hall–Kier alpha value is -1.97. The lowest BCUT2D eigenvalue weighted by atomic mass is 10.1. The molecule has 0 saturated carbocycles. The predicted octanol–water partition coefficient (Wildman–Crippen LogP) is 3.53. The summed E-state index contributed by atoms with van der Waals surface area (Å²) >= 11 is 0. The van der Waals surface area contributed by atoms with Crippen molar-refractivity contribution in [2.24, 2.45) is 12.1 Å². The molecule has 0 unspecified atom stereocenters. The van der Waals surface area contributed by atoms with Crippen LogP contribution in [0.15, 0.2) is 42.3 Å². The first-order valence-electron chi connectivity index (χ1n) is 8.12. The number of pyridine rings is 1. The first-order chi connectivity index (χ1) is 10.7. The molecule has 0 aromatic carbocycles. The Kier molecular flexibility index (Phi) is 9.59. The molecule has 4 heteroatoms. The first kappa shape index (κ1) is 18.1. The normalized spacial score (nSPS) is 10.8. The number of amides is 1. The highest BCUT2D eigenvalue weighted by Gasteiger charge is 2.06. The molecular weight excluding hydrogens is 274 g/mol. The molecule has 0 aliphatic carbocycles. The van der Waals surface area contributed by atoms with Crippen LogP contribution in [-0.4, -0.2) is 12.1 Å². The van der Waals surface area contributed by atoms with Gasteiger partial charge in [-0.1, -0.05) is 31.8 Å². The summed E-state index contributed by atoms with van der Waals surface area (Å²) in [5.74, 6) is -0.172. The zero-order chi connectivity index (χ0) is 16.0. The number of nitrogens with one attached hydrogen (secondary N) is 1. The van der Waals surface area contributed by atoms with E-state index in [-0.39, 0.29) is 5.91 Å². The van der Waals surface area contributed by atoms with Crippen LogP contribution in [0.25, 0.3) is 0 Å². The molecule has 0 atom stereocenters. The lowest BCUT2D eigenvalue weighted by molar-refractivity contribution is -0.671. The zero-order valence-electron chi connectivity index (χ0n) is 13.6. The molecule has 120 valence electrons. The van der Waals surface area contributed by atoms with Gasteiger partial charge in [0.05, 0.1) is 0 Å². The molecule has 1 rings (SSSR count). The molecule has 0 spiro atoms. The van der Waals surface area contributed by atoms with E-state index < -0.39 is 0 Å². The molecule has 0 fully saturated rings. The van der Waals surface area contributed by atoms with Crippen molar-refractivity contribution in [1.29, 1.82) is 0 Å². The maximum atomic E-state index is 11.8. The number of aryl methyl sites for hydroxylation is 1. The van der Waals surface area contributed by atoms with Crippen LogP contribution < -0.4 is 9.99 Å². The molecule has 22 heavy (non-hydrogen) atoms. The molecule has 1 N–H and O–H groups in total. The summed E-state index contributed by atoms with van der Waals surface area (Å²) in [5, 5.41) is 3.99. The standard InChI is InChI=1S/C18H27N3O/c1-3-4-5-6-7-8-9-10-11-14-19-20-18(22)17-13-12-15-21(2)16-17/h3,12-16H,1,4-11H2,2H3/p+1. The van der Waals surface area contributed by atoms with E-state index in [4.69, 9.17) is 0 Å². The maximum absolute atomic E-state index is 11.8. The van der Waals surface area contributed by atoms with E-state index in [0.717, 1.165) is 19.3 Å². The molecule has 0 aliphatic heterocycles. The number of aromatic nitrogens is 1. The van der Waals surface area contributed by atoms with Gasteiger partial charge in [0.15, 0.2) is 12.4 Å². The van der Waals surface area contributed by atoms with Crippen LogP contribution in [0.1, 0.15) is 61.7 Å². The number of allylic oxidation sites excluding steroid dienone is 1. The van der Waals surface area contributed by atoms with E-state index >= 15 is 0 Å². The quantitative estimate of drug-likeness (QED) is 0.219. The molecular formula is C18H28N3O+. The van der Waals surface area contributed by atoms with Gasteiger partial charge in [-0.05, 0) is 31.7 Å². The second-order valence-electron chi connectivity index (χ2n) is 5.50. The highest BCUT2D eigenvalue weighted by Crippen LogP contribution is 2.08. The van der Waals surface area contributed by atoms with E-state index in [1.54, 1.807) is 18.5 Å². The second-order valence-corrected chi connectivity index (χ2v) is 5.50.